The van der Waals surface area contributed by atoms with E-state index in [2.05, 4.69) is 4.99 Å². The number of aryl methyl sites for hydroxylation is 1. The van der Waals surface area contributed by atoms with Crippen LogP contribution < -0.4 is 0 Å². The van der Waals surface area contributed by atoms with Crippen molar-refractivity contribution in [3.8, 4) is 0 Å². The lowest BCUT2D eigenvalue weighted by Crippen LogP contribution is -2.37. The van der Waals surface area contributed by atoms with E-state index in [4.69, 9.17) is 4.74 Å². The third-order valence-corrected chi connectivity index (χ3v) is 5.33. The number of carbonyl (C=O) groups is 2. The third-order valence-electron chi connectivity index (χ3n) is 4.44. The minimum absolute atomic E-state index is 0.135. The van der Waals surface area contributed by atoms with Gasteiger partial charge in [0.1, 0.15) is 0 Å². The minimum Gasteiger partial charge on any atom is -0.481 e. The summed E-state index contributed by atoms with van der Waals surface area (Å²) in [6.45, 7) is 3.92. The number of aliphatic carboxylic acids is 1. The van der Waals surface area contributed by atoms with E-state index in [1.165, 1.54) is 18.9 Å². The molecule has 1 unspecified atom stereocenters. The minimum atomic E-state index is -0.925. The summed E-state index contributed by atoms with van der Waals surface area (Å²) in [5, 5.41) is 11.8. The Morgan fingerprint density at radius 3 is 2.69 bits per heavy atom. The number of hydrogen-bond acceptors (Lipinski definition) is 6. The van der Waals surface area contributed by atoms with Crippen molar-refractivity contribution in [3.05, 3.63) is 57.8 Å². The normalized spacial score (nSPS) is 19.0. The Kier molecular flexibility index (Phi) is 5.18. The third kappa shape index (κ3) is 3.14. The Morgan fingerprint density at radius 1 is 1.35 bits per heavy atom. The van der Waals surface area contributed by atoms with E-state index in [1.807, 2.05) is 43.0 Å². The molecule has 1 aromatic carbocycles. The summed E-state index contributed by atoms with van der Waals surface area (Å²) in [7, 11) is 1.35. The van der Waals surface area contributed by atoms with Gasteiger partial charge in [-0.25, -0.2) is 9.79 Å². The van der Waals surface area contributed by atoms with Crippen LogP contribution in [-0.2, 0) is 14.3 Å². The monoisotopic (exact) mass is 372 g/mol. The number of carbonyl (C=O) groups excluding carboxylic acids is 1. The lowest BCUT2D eigenvalue weighted by molar-refractivity contribution is -0.137. The summed E-state index contributed by atoms with van der Waals surface area (Å²) in [5.74, 6) is -1.36. The fourth-order valence-electron chi connectivity index (χ4n) is 3.26. The molecule has 0 saturated carbocycles. The molecule has 0 aromatic heterocycles. The summed E-state index contributed by atoms with van der Waals surface area (Å²) in [6.07, 6.45) is 0.448. The Bertz CT molecular complexity index is 857. The first kappa shape index (κ1) is 18.3. The van der Waals surface area contributed by atoms with Gasteiger partial charge < -0.3 is 14.7 Å². The van der Waals surface area contributed by atoms with E-state index < -0.39 is 18.0 Å². The number of methoxy groups -OCH3 is 1. The first-order valence-electron chi connectivity index (χ1n) is 8.30. The van der Waals surface area contributed by atoms with Crippen LogP contribution in [0.1, 0.15) is 36.9 Å². The number of amidine groups is 1. The molecule has 0 spiro atoms. The number of carboxylic acid groups (broad SMARTS) is 1. The number of rotatable bonds is 5. The van der Waals surface area contributed by atoms with E-state index in [-0.39, 0.29) is 6.42 Å². The molecule has 7 heteroatoms. The van der Waals surface area contributed by atoms with Crippen molar-refractivity contribution in [2.24, 2.45) is 4.99 Å². The molecular weight excluding hydrogens is 352 g/mol. The number of esters is 1. The maximum atomic E-state index is 12.6. The zero-order valence-electron chi connectivity index (χ0n) is 14.9. The smallest absolute Gasteiger partial charge is 0.338 e. The number of allylic oxidation sites excluding steroid dienone is 1. The molecule has 6 nitrogen and oxygen atoms in total. The Hall–Kier alpha value is -2.54. The molecule has 3 rings (SSSR count). The lowest BCUT2D eigenvalue weighted by atomic mass is 9.90. The van der Waals surface area contributed by atoms with Gasteiger partial charge in [-0.2, -0.15) is 0 Å². The molecule has 0 fully saturated rings. The molecule has 1 N–H and O–H groups in total. The molecule has 1 atom stereocenters. The highest BCUT2D eigenvalue weighted by Crippen LogP contribution is 2.45. The van der Waals surface area contributed by atoms with Crippen molar-refractivity contribution < 1.29 is 19.4 Å². The molecule has 136 valence electrons. The highest BCUT2D eigenvalue weighted by atomic mass is 32.2. The predicted octanol–water partition coefficient (Wildman–Crippen LogP) is 3.61. The van der Waals surface area contributed by atoms with Gasteiger partial charge in [0.2, 0.25) is 0 Å². The van der Waals surface area contributed by atoms with Gasteiger partial charge >= 0.3 is 11.9 Å². The van der Waals surface area contributed by atoms with Gasteiger partial charge in [-0.15, -0.1) is 0 Å². The van der Waals surface area contributed by atoms with Crippen LogP contribution in [0, 0.1) is 6.92 Å². The zero-order valence-corrected chi connectivity index (χ0v) is 15.7. The average molecular weight is 372 g/mol. The molecule has 1 aromatic rings. The van der Waals surface area contributed by atoms with Gasteiger partial charge in [-0.05, 0) is 29.9 Å². The van der Waals surface area contributed by atoms with Crippen molar-refractivity contribution in [2.75, 3.05) is 7.11 Å². The molecule has 0 aliphatic carbocycles. The Morgan fingerprint density at radius 2 is 2.08 bits per heavy atom. The van der Waals surface area contributed by atoms with Crippen molar-refractivity contribution in [2.45, 2.75) is 32.7 Å². The van der Waals surface area contributed by atoms with Crippen LogP contribution in [0.25, 0.3) is 0 Å². The number of nitrogens with zero attached hydrogens (tertiary/aromatic N) is 2. The fourth-order valence-corrected chi connectivity index (χ4v) is 4.19. The second-order valence-corrected chi connectivity index (χ2v) is 6.86. The average Bonchev–Trinajstić information content (AvgIpc) is 3.02. The SMILES string of the molecule is CCC1=C(C(=O)OC)C(c2ccccc2C)N2C(CC(=O)O)=CSC2=N1. The molecule has 0 amide bonds. The molecule has 0 bridgehead atoms. The molecule has 0 saturated heterocycles. The van der Waals surface area contributed by atoms with Crippen LogP contribution in [0.5, 0.6) is 0 Å². The number of hydrogen-bond donors (Lipinski definition) is 1. The van der Waals surface area contributed by atoms with Gasteiger partial charge in [0.15, 0.2) is 5.17 Å². The Balaban J connectivity index is 2.20. The number of benzene rings is 1. The highest BCUT2D eigenvalue weighted by Gasteiger charge is 2.41. The molecule has 0 radical (unpaired) electrons. The van der Waals surface area contributed by atoms with E-state index >= 15 is 0 Å². The fraction of sp³-hybridized carbons (Fsp3) is 0.316. The predicted molar refractivity (Wildman–Crippen MR) is 100 cm³/mol. The van der Waals surface area contributed by atoms with Crippen LogP contribution in [0.4, 0.5) is 0 Å². The van der Waals surface area contributed by atoms with Gasteiger partial charge in [0.25, 0.3) is 0 Å². The standard InChI is InChI=1S/C19H20N2O4S/c1-4-14-16(18(24)25-3)17(13-8-6-5-7-11(13)2)21-12(9-15(22)23)10-26-19(21)20-14/h5-8,10,17H,4,9H2,1-3H3,(H,22,23). The second kappa shape index (κ2) is 7.37. The van der Waals surface area contributed by atoms with Crippen molar-refractivity contribution in [3.63, 3.8) is 0 Å². The van der Waals surface area contributed by atoms with Crippen molar-refractivity contribution in [1.82, 2.24) is 4.90 Å². The lowest BCUT2D eigenvalue weighted by Gasteiger charge is -2.37. The summed E-state index contributed by atoms with van der Waals surface area (Å²) >= 11 is 1.39. The summed E-state index contributed by atoms with van der Waals surface area (Å²) < 4.78 is 5.04. The van der Waals surface area contributed by atoms with Crippen molar-refractivity contribution >= 4 is 28.9 Å². The number of fused-ring (bicyclic) bond motifs is 1. The highest BCUT2D eigenvalue weighted by molar-refractivity contribution is 8.16. The van der Waals surface area contributed by atoms with Crippen LogP contribution in [0.2, 0.25) is 0 Å². The van der Waals surface area contributed by atoms with Crippen LogP contribution in [0.3, 0.4) is 0 Å². The molecule has 2 aliphatic heterocycles. The van der Waals surface area contributed by atoms with Crippen LogP contribution in [0.15, 0.2) is 51.6 Å². The van der Waals surface area contributed by atoms with E-state index in [0.717, 1.165) is 11.1 Å². The van der Waals surface area contributed by atoms with Crippen LogP contribution >= 0.6 is 11.8 Å². The first-order chi connectivity index (χ1) is 12.5. The number of ether oxygens (including phenoxy) is 1. The largest absolute Gasteiger partial charge is 0.481 e. The topological polar surface area (TPSA) is 79.2 Å². The Labute approximate surface area is 156 Å². The summed E-state index contributed by atoms with van der Waals surface area (Å²) in [4.78, 5) is 30.4. The number of thioether (sulfide) groups is 1. The summed E-state index contributed by atoms with van der Waals surface area (Å²) in [5.41, 5.74) is 3.71. The van der Waals surface area contributed by atoms with E-state index in [9.17, 15) is 14.7 Å². The number of carboxylic acids is 1. The quantitative estimate of drug-likeness (QED) is 0.796. The summed E-state index contributed by atoms with van der Waals surface area (Å²) in [6, 6.07) is 7.33. The molecule has 2 aliphatic rings. The number of aliphatic imine (C=N–C) groups is 1. The maximum absolute atomic E-state index is 12.6. The van der Waals surface area contributed by atoms with Gasteiger partial charge in [-0.1, -0.05) is 43.0 Å². The second-order valence-electron chi connectivity index (χ2n) is 6.03. The maximum Gasteiger partial charge on any atom is 0.338 e. The zero-order chi connectivity index (χ0) is 18.8. The van der Waals surface area contributed by atoms with Gasteiger partial charge in [0, 0.05) is 5.70 Å². The van der Waals surface area contributed by atoms with Gasteiger partial charge in [-0.3, -0.25) is 4.79 Å². The van der Waals surface area contributed by atoms with E-state index in [0.29, 0.717) is 28.6 Å². The molecule has 2 heterocycles. The first-order valence-corrected chi connectivity index (χ1v) is 9.18. The van der Waals surface area contributed by atoms with E-state index in [1.54, 1.807) is 5.41 Å². The van der Waals surface area contributed by atoms with Crippen molar-refractivity contribution in [1.29, 1.82) is 0 Å². The molecular formula is C19H20N2O4S. The molecule has 26 heavy (non-hydrogen) atoms. The van der Waals surface area contributed by atoms with Gasteiger partial charge in [0.05, 0.1) is 30.8 Å². The van der Waals surface area contributed by atoms with Crippen LogP contribution in [-0.4, -0.2) is 34.2 Å².